The van der Waals surface area contributed by atoms with Crippen molar-refractivity contribution < 1.29 is 9.90 Å². The van der Waals surface area contributed by atoms with Crippen LogP contribution in [0, 0.1) is 0 Å². The molecule has 3 rings (SSSR count). The standard InChI is InChI=1S/C19H21NO2/c21-18-11-12-20(17(18)13-15-7-3-1-4-8-15)19(22)14-16-9-5-2-6-10-16/h1-10,17-18,21H,11-14H2/t17-,18+/m0/s1. The summed E-state index contributed by atoms with van der Waals surface area (Å²) in [4.78, 5) is 14.4. The minimum absolute atomic E-state index is 0.101. The van der Waals surface area contributed by atoms with Crippen molar-refractivity contribution in [2.75, 3.05) is 6.54 Å². The maximum atomic E-state index is 12.6. The average Bonchev–Trinajstić information content (AvgIpc) is 2.90. The van der Waals surface area contributed by atoms with Gasteiger partial charge in [0.1, 0.15) is 0 Å². The van der Waals surface area contributed by atoms with Gasteiger partial charge < -0.3 is 10.0 Å². The summed E-state index contributed by atoms with van der Waals surface area (Å²) in [7, 11) is 0. The second-order valence-electron chi connectivity index (χ2n) is 5.86. The normalized spacial score (nSPS) is 21.0. The third-order valence-corrected chi connectivity index (χ3v) is 4.32. The average molecular weight is 295 g/mol. The van der Waals surface area contributed by atoms with Gasteiger partial charge in [-0.05, 0) is 24.0 Å². The molecule has 1 saturated heterocycles. The van der Waals surface area contributed by atoms with E-state index in [0.29, 0.717) is 25.8 Å². The molecule has 2 aromatic carbocycles. The number of nitrogens with zero attached hydrogens (tertiary/aromatic N) is 1. The second kappa shape index (κ2) is 6.75. The number of aliphatic hydroxyl groups excluding tert-OH is 1. The molecule has 1 aliphatic rings. The molecule has 0 saturated carbocycles. The minimum atomic E-state index is -0.431. The highest BCUT2D eigenvalue weighted by atomic mass is 16.3. The molecular formula is C19H21NO2. The highest BCUT2D eigenvalue weighted by molar-refractivity contribution is 5.79. The summed E-state index contributed by atoms with van der Waals surface area (Å²) >= 11 is 0. The Balaban J connectivity index is 1.70. The van der Waals surface area contributed by atoms with Gasteiger partial charge in [-0.15, -0.1) is 0 Å². The Labute approximate surface area is 131 Å². The van der Waals surface area contributed by atoms with Crippen molar-refractivity contribution in [3.63, 3.8) is 0 Å². The molecule has 3 heteroatoms. The molecule has 1 amide bonds. The van der Waals surface area contributed by atoms with Gasteiger partial charge in [-0.3, -0.25) is 4.79 Å². The van der Waals surface area contributed by atoms with Crippen molar-refractivity contribution in [3.05, 3.63) is 71.8 Å². The fourth-order valence-corrected chi connectivity index (χ4v) is 3.12. The van der Waals surface area contributed by atoms with Crippen LogP contribution in [-0.2, 0) is 17.6 Å². The lowest BCUT2D eigenvalue weighted by Gasteiger charge is -2.26. The van der Waals surface area contributed by atoms with Gasteiger partial charge in [0.05, 0.1) is 18.6 Å². The van der Waals surface area contributed by atoms with Gasteiger partial charge in [-0.1, -0.05) is 60.7 Å². The van der Waals surface area contributed by atoms with Crippen LogP contribution in [0.5, 0.6) is 0 Å². The fraction of sp³-hybridized carbons (Fsp3) is 0.316. The largest absolute Gasteiger partial charge is 0.391 e. The Morgan fingerprint density at radius 3 is 2.23 bits per heavy atom. The molecule has 2 aromatic rings. The van der Waals surface area contributed by atoms with Crippen molar-refractivity contribution in [1.82, 2.24) is 4.90 Å². The van der Waals surface area contributed by atoms with Gasteiger partial charge in [0.25, 0.3) is 0 Å². The molecule has 3 nitrogen and oxygen atoms in total. The molecule has 0 aliphatic carbocycles. The van der Waals surface area contributed by atoms with Gasteiger partial charge in [0.2, 0.25) is 5.91 Å². The Kier molecular flexibility index (Phi) is 4.54. The van der Waals surface area contributed by atoms with E-state index in [1.165, 1.54) is 0 Å². The maximum Gasteiger partial charge on any atom is 0.227 e. The first-order valence-electron chi connectivity index (χ1n) is 7.79. The SMILES string of the molecule is O=C(Cc1ccccc1)N1CC[C@@H](O)[C@@H]1Cc1ccccc1. The quantitative estimate of drug-likeness (QED) is 0.941. The summed E-state index contributed by atoms with van der Waals surface area (Å²) in [6.45, 7) is 0.643. The predicted octanol–water partition coefficient (Wildman–Crippen LogP) is 2.43. The van der Waals surface area contributed by atoms with Gasteiger partial charge in [-0.2, -0.15) is 0 Å². The smallest absolute Gasteiger partial charge is 0.227 e. The maximum absolute atomic E-state index is 12.6. The van der Waals surface area contributed by atoms with Crippen LogP contribution in [0.4, 0.5) is 0 Å². The number of rotatable bonds is 4. The van der Waals surface area contributed by atoms with Gasteiger partial charge in [-0.25, -0.2) is 0 Å². The number of carbonyl (C=O) groups excluding carboxylic acids is 1. The van der Waals surface area contributed by atoms with E-state index in [1.807, 2.05) is 65.6 Å². The number of carbonyl (C=O) groups is 1. The number of hydrogen-bond donors (Lipinski definition) is 1. The highest BCUT2D eigenvalue weighted by Gasteiger charge is 2.35. The molecule has 1 N–H and O–H groups in total. The van der Waals surface area contributed by atoms with Crippen LogP contribution in [0.25, 0.3) is 0 Å². The molecule has 114 valence electrons. The van der Waals surface area contributed by atoms with E-state index < -0.39 is 6.10 Å². The molecular weight excluding hydrogens is 274 g/mol. The molecule has 22 heavy (non-hydrogen) atoms. The van der Waals surface area contributed by atoms with Crippen LogP contribution in [0.1, 0.15) is 17.5 Å². The van der Waals surface area contributed by atoms with E-state index in [1.54, 1.807) is 0 Å². The van der Waals surface area contributed by atoms with Crippen molar-refractivity contribution in [1.29, 1.82) is 0 Å². The monoisotopic (exact) mass is 295 g/mol. The third-order valence-electron chi connectivity index (χ3n) is 4.32. The van der Waals surface area contributed by atoms with Gasteiger partial charge in [0.15, 0.2) is 0 Å². The lowest BCUT2D eigenvalue weighted by Crippen LogP contribution is -2.41. The zero-order valence-corrected chi connectivity index (χ0v) is 12.6. The zero-order chi connectivity index (χ0) is 15.4. The van der Waals surface area contributed by atoms with Crippen LogP contribution < -0.4 is 0 Å². The van der Waals surface area contributed by atoms with Crippen molar-refractivity contribution in [2.24, 2.45) is 0 Å². The van der Waals surface area contributed by atoms with E-state index >= 15 is 0 Å². The molecule has 0 radical (unpaired) electrons. The van der Waals surface area contributed by atoms with Crippen molar-refractivity contribution in [3.8, 4) is 0 Å². The van der Waals surface area contributed by atoms with Crippen molar-refractivity contribution >= 4 is 5.91 Å². The van der Waals surface area contributed by atoms with Crippen LogP contribution >= 0.6 is 0 Å². The van der Waals surface area contributed by atoms with Crippen LogP contribution in [0.2, 0.25) is 0 Å². The highest BCUT2D eigenvalue weighted by Crippen LogP contribution is 2.23. The van der Waals surface area contributed by atoms with E-state index in [4.69, 9.17) is 0 Å². The van der Waals surface area contributed by atoms with Crippen molar-refractivity contribution in [2.45, 2.75) is 31.4 Å². The minimum Gasteiger partial charge on any atom is -0.391 e. The van der Waals surface area contributed by atoms with E-state index in [9.17, 15) is 9.90 Å². The Hall–Kier alpha value is -2.13. The molecule has 1 fully saturated rings. The number of likely N-dealkylation sites (tertiary alicyclic amines) is 1. The van der Waals surface area contributed by atoms with Crippen LogP contribution in [0.3, 0.4) is 0 Å². The molecule has 0 unspecified atom stereocenters. The summed E-state index contributed by atoms with van der Waals surface area (Å²) in [5.74, 6) is 0.101. The number of benzene rings is 2. The first-order chi connectivity index (χ1) is 10.7. The molecule has 1 heterocycles. The lowest BCUT2D eigenvalue weighted by molar-refractivity contribution is -0.132. The summed E-state index contributed by atoms with van der Waals surface area (Å²) in [5.41, 5.74) is 2.18. The van der Waals surface area contributed by atoms with Gasteiger partial charge in [0, 0.05) is 6.54 Å². The number of amides is 1. The zero-order valence-electron chi connectivity index (χ0n) is 12.6. The molecule has 0 aromatic heterocycles. The van der Waals surface area contributed by atoms with E-state index in [0.717, 1.165) is 11.1 Å². The predicted molar refractivity (Wildman–Crippen MR) is 86.4 cm³/mol. The lowest BCUT2D eigenvalue weighted by atomic mass is 10.0. The van der Waals surface area contributed by atoms with E-state index in [-0.39, 0.29) is 11.9 Å². The second-order valence-corrected chi connectivity index (χ2v) is 5.86. The summed E-state index contributed by atoms with van der Waals surface area (Å²) in [6, 6.07) is 19.7. The molecule has 2 atom stereocenters. The summed E-state index contributed by atoms with van der Waals surface area (Å²) < 4.78 is 0. The van der Waals surface area contributed by atoms with Crippen LogP contribution in [0.15, 0.2) is 60.7 Å². The number of hydrogen-bond acceptors (Lipinski definition) is 2. The Bertz CT molecular complexity index is 612. The first kappa shape index (κ1) is 14.8. The number of aliphatic hydroxyl groups is 1. The first-order valence-corrected chi connectivity index (χ1v) is 7.79. The Morgan fingerprint density at radius 2 is 1.59 bits per heavy atom. The molecule has 0 spiro atoms. The molecule has 0 bridgehead atoms. The summed E-state index contributed by atoms with van der Waals surface area (Å²) in [6.07, 6.45) is 1.35. The fourth-order valence-electron chi connectivity index (χ4n) is 3.12. The molecule has 1 aliphatic heterocycles. The summed E-state index contributed by atoms with van der Waals surface area (Å²) in [5, 5.41) is 10.2. The Morgan fingerprint density at radius 1 is 1.00 bits per heavy atom. The van der Waals surface area contributed by atoms with Crippen LogP contribution in [-0.4, -0.2) is 34.6 Å². The third kappa shape index (κ3) is 3.37. The topological polar surface area (TPSA) is 40.5 Å². The van der Waals surface area contributed by atoms with Gasteiger partial charge >= 0.3 is 0 Å². The van der Waals surface area contributed by atoms with E-state index in [2.05, 4.69) is 0 Å².